The summed E-state index contributed by atoms with van der Waals surface area (Å²) in [5.41, 5.74) is 1.44. The maximum absolute atomic E-state index is 12.5. The Kier molecular flexibility index (Phi) is 5.61. The van der Waals surface area contributed by atoms with Gasteiger partial charge in [-0.25, -0.2) is 0 Å². The van der Waals surface area contributed by atoms with Crippen LogP contribution in [0.5, 0.6) is 0 Å². The van der Waals surface area contributed by atoms with Crippen molar-refractivity contribution < 1.29 is 9.59 Å². The second-order valence-corrected chi connectivity index (χ2v) is 6.79. The summed E-state index contributed by atoms with van der Waals surface area (Å²) < 4.78 is 0. The molecule has 0 spiro atoms. The second-order valence-electron chi connectivity index (χ2n) is 5.95. The molecular weight excluding hydrogens is 359 g/mol. The molecule has 2 aromatic carbocycles. The lowest BCUT2D eigenvalue weighted by molar-refractivity contribution is -0.131. The standard InChI is InChI=1S/C19H18Cl2N2O2/c20-16-7-5-14(6-8-16)19(25)23-11-9-22(10-12-23)18(24)13-15-3-1-2-4-17(15)21/h1-8H,9-13H2. The Hall–Kier alpha value is -2.04. The first-order valence-corrected chi connectivity index (χ1v) is 8.86. The van der Waals surface area contributed by atoms with Crippen LogP contribution in [0, 0.1) is 0 Å². The maximum Gasteiger partial charge on any atom is 0.253 e. The number of amides is 2. The zero-order chi connectivity index (χ0) is 17.8. The Morgan fingerprint density at radius 2 is 1.44 bits per heavy atom. The van der Waals surface area contributed by atoms with Crippen molar-refractivity contribution in [1.29, 1.82) is 0 Å². The van der Waals surface area contributed by atoms with Gasteiger partial charge in [0.25, 0.3) is 5.91 Å². The molecule has 1 aliphatic rings. The van der Waals surface area contributed by atoms with Gasteiger partial charge in [-0.1, -0.05) is 41.4 Å². The molecule has 0 unspecified atom stereocenters. The number of piperazine rings is 1. The lowest BCUT2D eigenvalue weighted by Gasteiger charge is -2.35. The molecule has 1 heterocycles. The fourth-order valence-electron chi connectivity index (χ4n) is 2.85. The van der Waals surface area contributed by atoms with Gasteiger partial charge >= 0.3 is 0 Å². The van der Waals surface area contributed by atoms with Crippen LogP contribution < -0.4 is 0 Å². The van der Waals surface area contributed by atoms with Crippen LogP contribution in [0.4, 0.5) is 0 Å². The number of hydrogen-bond acceptors (Lipinski definition) is 2. The molecule has 0 aliphatic carbocycles. The van der Waals surface area contributed by atoms with E-state index < -0.39 is 0 Å². The van der Waals surface area contributed by atoms with Crippen molar-refractivity contribution in [1.82, 2.24) is 9.80 Å². The topological polar surface area (TPSA) is 40.6 Å². The van der Waals surface area contributed by atoms with Crippen LogP contribution in [0.2, 0.25) is 10.0 Å². The minimum absolute atomic E-state index is 0.0325. The smallest absolute Gasteiger partial charge is 0.253 e. The molecule has 6 heteroatoms. The Morgan fingerprint density at radius 3 is 2.08 bits per heavy atom. The van der Waals surface area contributed by atoms with E-state index in [1.807, 2.05) is 18.2 Å². The van der Waals surface area contributed by atoms with Crippen LogP contribution in [-0.2, 0) is 11.2 Å². The van der Waals surface area contributed by atoms with E-state index in [0.717, 1.165) is 5.56 Å². The molecular formula is C19H18Cl2N2O2. The van der Waals surface area contributed by atoms with Crippen LogP contribution in [-0.4, -0.2) is 47.8 Å². The van der Waals surface area contributed by atoms with Gasteiger partial charge in [0.2, 0.25) is 5.91 Å². The van der Waals surface area contributed by atoms with Crippen molar-refractivity contribution in [3.63, 3.8) is 0 Å². The molecule has 1 saturated heterocycles. The van der Waals surface area contributed by atoms with Gasteiger partial charge in [-0.3, -0.25) is 9.59 Å². The number of carbonyl (C=O) groups is 2. The van der Waals surface area contributed by atoms with E-state index >= 15 is 0 Å². The molecule has 3 rings (SSSR count). The number of halogens is 2. The average Bonchev–Trinajstić information content (AvgIpc) is 2.64. The minimum Gasteiger partial charge on any atom is -0.339 e. The highest BCUT2D eigenvalue weighted by Crippen LogP contribution is 2.17. The van der Waals surface area contributed by atoms with Gasteiger partial charge in [0.15, 0.2) is 0 Å². The molecule has 0 radical (unpaired) electrons. The summed E-state index contributed by atoms with van der Waals surface area (Å²) in [6.07, 6.45) is 0.283. The van der Waals surface area contributed by atoms with Gasteiger partial charge in [0.05, 0.1) is 6.42 Å². The van der Waals surface area contributed by atoms with Gasteiger partial charge in [-0.15, -0.1) is 0 Å². The summed E-state index contributed by atoms with van der Waals surface area (Å²) in [7, 11) is 0. The Morgan fingerprint density at radius 1 is 0.840 bits per heavy atom. The Labute approximate surface area is 156 Å². The van der Waals surface area contributed by atoms with E-state index in [-0.39, 0.29) is 18.2 Å². The SMILES string of the molecule is O=C(Cc1ccccc1Cl)N1CCN(C(=O)c2ccc(Cl)cc2)CC1. The number of carbonyl (C=O) groups excluding carboxylic acids is 2. The van der Waals surface area contributed by atoms with Crippen molar-refractivity contribution in [3.8, 4) is 0 Å². The van der Waals surface area contributed by atoms with E-state index in [9.17, 15) is 9.59 Å². The molecule has 2 aromatic rings. The molecule has 4 nitrogen and oxygen atoms in total. The molecule has 2 amide bonds. The largest absolute Gasteiger partial charge is 0.339 e. The lowest BCUT2D eigenvalue weighted by atomic mass is 10.1. The predicted molar refractivity (Wildman–Crippen MR) is 99.1 cm³/mol. The fourth-order valence-corrected chi connectivity index (χ4v) is 3.18. The van der Waals surface area contributed by atoms with Gasteiger partial charge in [-0.05, 0) is 35.9 Å². The maximum atomic E-state index is 12.5. The van der Waals surface area contributed by atoms with Gasteiger partial charge in [0, 0.05) is 41.8 Å². The third-order valence-electron chi connectivity index (χ3n) is 4.31. The summed E-state index contributed by atoms with van der Waals surface area (Å²) in [6, 6.07) is 14.2. The molecule has 130 valence electrons. The third kappa shape index (κ3) is 4.33. The normalized spacial score (nSPS) is 14.5. The number of rotatable bonds is 3. The van der Waals surface area contributed by atoms with Crippen molar-refractivity contribution in [2.45, 2.75) is 6.42 Å². The second kappa shape index (κ2) is 7.89. The monoisotopic (exact) mass is 376 g/mol. The molecule has 0 saturated carbocycles. The summed E-state index contributed by atoms with van der Waals surface area (Å²) in [4.78, 5) is 28.5. The highest BCUT2D eigenvalue weighted by Gasteiger charge is 2.25. The number of nitrogens with zero attached hydrogens (tertiary/aromatic N) is 2. The van der Waals surface area contributed by atoms with Crippen LogP contribution in [0.15, 0.2) is 48.5 Å². The van der Waals surface area contributed by atoms with E-state index in [1.165, 1.54) is 0 Å². The quantitative estimate of drug-likeness (QED) is 0.821. The Balaban J connectivity index is 1.56. The number of benzene rings is 2. The molecule has 25 heavy (non-hydrogen) atoms. The highest BCUT2D eigenvalue weighted by molar-refractivity contribution is 6.31. The fraction of sp³-hybridized carbons (Fsp3) is 0.263. The molecule has 0 N–H and O–H groups in total. The minimum atomic E-state index is -0.0325. The zero-order valence-electron chi connectivity index (χ0n) is 13.6. The van der Waals surface area contributed by atoms with E-state index in [4.69, 9.17) is 23.2 Å². The van der Waals surface area contributed by atoms with Crippen molar-refractivity contribution in [3.05, 3.63) is 69.7 Å². The van der Waals surface area contributed by atoms with Gasteiger partial charge < -0.3 is 9.80 Å². The lowest BCUT2D eigenvalue weighted by Crippen LogP contribution is -2.51. The first-order valence-electron chi connectivity index (χ1n) is 8.10. The molecule has 0 aromatic heterocycles. The van der Waals surface area contributed by atoms with Crippen LogP contribution in [0.25, 0.3) is 0 Å². The van der Waals surface area contributed by atoms with Crippen LogP contribution in [0.3, 0.4) is 0 Å². The Bertz CT molecular complexity index is 769. The first-order chi connectivity index (χ1) is 12.0. The van der Waals surface area contributed by atoms with Gasteiger partial charge in [-0.2, -0.15) is 0 Å². The van der Waals surface area contributed by atoms with E-state index in [1.54, 1.807) is 40.1 Å². The summed E-state index contributed by atoms with van der Waals surface area (Å²) >= 11 is 12.0. The zero-order valence-corrected chi connectivity index (χ0v) is 15.1. The predicted octanol–water partition coefficient (Wildman–Crippen LogP) is 3.52. The van der Waals surface area contributed by atoms with Gasteiger partial charge in [0.1, 0.15) is 0 Å². The average molecular weight is 377 g/mol. The molecule has 0 atom stereocenters. The van der Waals surface area contributed by atoms with Crippen molar-refractivity contribution in [2.75, 3.05) is 26.2 Å². The van der Waals surface area contributed by atoms with E-state index in [0.29, 0.717) is 41.8 Å². The van der Waals surface area contributed by atoms with Crippen molar-refractivity contribution in [2.24, 2.45) is 0 Å². The van der Waals surface area contributed by atoms with Crippen LogP contribution in [0.1, 0.15) is 15.9 Å². The number of hydrogen-bond donors (Lipinski definition) is 0. The molecule has 0 bridgehead atoms. The van der Waals surface area contributed by atoms with E-state index in [2.05, 4.69) is 0 Å². The summed E-state index contributed by atoms with van der Waals surface area (Å²) in [5, 5.41) is 1.21. The third-order valence-corrected chi connectivity index (χ3v) is 4.93. The summed E-state index contributed by atoms with van der Waals surface area (Å²) in [5.74, 6) is 0.00145. The molecule has 1 fully saturated rings. The van der Waals surface area contributed by atoms with Crippen LogP contribution >= 0.6 is 23.2 Å². The summed E-state index contributed by atoms with van der Waals surface area (Å²) in [6.45, 7) is 2.11. The first kappa shape index (κ1) is 17.8. The van der Waals surface area contributed by atoms with Crippen molar-refractivity contribution >= 4 is 35.0 Å². The highest BCUT2D eigenvalue weighted by atomic mass is 35.5. The molecule has 1 aliphatic heterocycles.